The standard InChI is InChI=1S/C11H15N3O5S/c1-11(18)7(16)5(4-15)19-10(11)14-3-2-13-6(8(12)20)9(14)17/h2-3,5,7,10,15-16,18H,4H2,1H3,(H2,12,20)/t5-,7?,10+,11?/m1/s1. The van der Waals surface area contributed by atoms with Crippen LogP contribution in [0.2, 0.25) is 0 Å². The van der Waals surface area contributed by atoms with E-state index in [4.69, 9.17) is 27.8 Å². The van der Waals surface area contributed by atoms with Gasteiger partial charge in [-0.1, -0.05) is 12.2 Å². The number of thiocarbonyl (C=S) groups is 1. The molecule has 1 fully saturated rings. The van der Waals surface area contributed by atoms with E-state index >= 15 is 0 Å². The molecule has 1 aromatic heterocycles. The maximum atomic E-state index is 12.2. The summed E-state index contributed by atoms with van der Waals surface area (Å²) in [4.78, 5) is 15.8. The number of hydrogen-bond donors (Lipinski definition) is 4. The van der Waals surface area contributed by atoms with Crippen molar-refractivity contribution in [2.75, 3.05) is 6.61 Å². The van der Waals surface area contributed by atoms with Crippen molar-refractivity contribution in [1.82, 2.24) is 9.55 Å². The number of hydrogen-bond acceptors (Lipinski definition) is 7. The van der Waals surface area contributed by atoms with E-state index in [1.165, 1.54) is 19.3 Å². The molecule has 0 aliphatic carbocycles. The van der Waals surface area contributed by atoms with Crippen molar-refractivity contribution in [3.05, 3.63) is 28.4 Å². The fraction of sp³-hybridized carbons (Fsp3) is 0.545. The zero-order valence-corrected chi connectivity index (χ0v) is 11.4. The molecule has 0 spiro atoms. The van der Waals surface area contributed by atoms with E-state index in [2.05, 4.69) is 4.98 Å². The molecule has 0 saturated carbocycles. The van der Waals surface area contributed by atoms with Crippen molar-refractivity contribution in [2.24, 2.45) is 5.73 Å². The number of rotatable bonds is 3. The van der Waals surface area contributed by atoms with E-state index in [0.717, 1.165) is 4.57 Å². The van der Waals surface area contributed by atoms with Crippen LogP contribution in [0.5, 0.6) is 0 Å². The van der Waals surface area contributed by atoms with Crippen LogP contribution in [0.1, 0.15) is 18.8 Å². The fourth-order valence-electron chi connectivity index (χ4n) is 2.17. The van der Waals surface area contributed by atoms with Crippen molar-refractivity contribution >= 4 is 17.2 Å². The molecule has 1 aromatic rings. The summed E-state index contributed by atoms with van der Waals surface area (Å²) < 4.78 is 6.38. The first-order chi connectivity index (χ1) is 9.30. The molecule has 110 valence electrons. The third-order valence-corrected chi connectivity index (χ3v) is 3.48. The Morgan fingerprint density at radius 1 is 1.70 bits per heavy atom. The molecule has 0 bridgehead atoms. The third kappa shape index (κ3) is 2.23. The second-order valence-electron chi connectivity index (χ2n) is 4.73. The summed E-state index contributed by atoms with van der Waals surface area (Å²) in [5.41, 5.74) is 2.86. The number of aliphatic hydroxyl groups excluding tert-OH is 2. The molecular weight excluding hydrogens is 286 g/mol. The van der Waals surface area contributed by atoms with Gasteiger partial charge in [0, 0.05) is 12.4 Å². The molecule has 0 radical (unpaired) electrons. The Balaban J connectivity index is 2.50. The Hall–Kier alpha value is -1.39. The Kier molecular flexibility index (Phi) is 3.89. The van der Waals surface area contributed by atoms with E-state index in [0.29, 0.717) is 0 Å². The lowest BCUT2D eigenvalue weighted by molar-refractivity contribution is -0.0983. The van der Waals surface area contributed by atoms with Crippen LogP contribution in [-0.2, 0) is 4.74 Å². The maximum Gasteiger partial charge on any atom is 0.281 e. The lowest BCUT2D eigenvalue weighted by Gasteiger charge is -2.27. The van der Waals surface area contributed by atoms with E-state index in [1.54, 1.807) is 0 Å². The Morgan fingerprint density at radius 2 is 2.35 bits per heavy atom. The molecule has 1 aliphatic heterocycles. The predicted octanol–water partition coefficient (Wildman–Crippen LogP) is -2.12. The molecule has 9 heteroatoms. The van der Waals surface area contributed by atoms with Gasteiger partial charge in [0.15, 0.2) is 11.9 Å². The van der Waals surface area contributed by atoms with Crippen molar-refractivity contribution in [2.45, 2.75) is 31.0 Å². The van der Waals surface area contributed by atoms with Gasteiger partial charge in [-0.2, -0.15) is 0 Å². The normalized spacial score (nSPS) is 33.3. The van der Waals surface area contributed by atoms with Crippen LogP contribution in [0.25, 0.3) is 0 Å². The number of nitrogens with zero attached hydrogens (tertiary/aromatic N) is 2. The Labute approximate surface area is 119 Å². The first-order valence-electron chi connectivity index (χ1n) is 5.84. The van der Waals surface area contributed by atoms with E-state index in [-0.39, 0.29) is 10.7 Å². The smallest absolute Gasteiger partial charge is 0.281 e. The van der Waals surface area contributed by atoms with Crippen molar-refractivity contribution in [3.8, 4) is 0 Å². The van der Waals surface area contributed by atoms with Gasteiger partial charge < -0.3 is 25.8 Å². The molecule has 8 nitrogen and oxygen atoms in total. The van der Waals surface area contributed by atoms with Gasteiger partial charge in [-0.05, 0) is 6.92 Å². The highest BCUT2D eigenvalue weighted by Gasteiger charge is 2.53. The summed E-state index contributed by atoms with van der Waals surface area (Å²) in [6.45, 7) is 0.821. The largest absolute Gasteiger partial charge is 0.394 e. The van der Waals surface area contributed by atoms with Crippen LogP contribution in [0.4, 0.5) is 0 Å². The van der Waals surface area contributed by atoms with Crippen LogP contribution in [0, 0.1) is 0 Å². The second-order valence-corrected chi connectivity index (χ2v) is 5.17. The average Bonchev–Trinajstić information content (AvgIpc) is 2.61. The molecule has 2 rings (SSSR count). The summed E-state index contributed by atoms with van der Waals surface area (Å²) >= 11 is 4.72. The minimum atomic E-state index is -1.76. The highest BCUT2D eigenvalue weighted by molar-refractivity contribution is 7.80. The molecule has 0 aromatic carbocycles. The monoisotopic (exact) mass is 301 g/mol. The quantitative estimate of drug-likeness (QED) is 0.466. The summed E-state index contributed by atoms with van der Waals surface area (Å²) in [5.74, 6) is 0. The molecule has 2 heterocycles. The number of ether oxygens (including phenoxy) is 1. The maximum absolute atomic E-state index is 12.2. The summed E-state index contributed by atoms with van der Waals surface area (Å²) in [5, 5.41) is 29.3. The number of aliphatic hydroxyl groups is 3. The van der Waals surface area contributed by atoms with Crippen LogP contribution in [-0.4, -0.2) is 54.3 Å². The highest BCUT2D eigenvalue weighted by atomic mass is 32.1. The Bertz CT molecular complexity index is 588. The van der Waals surface area contributed by atoms with Gasteiger partial charge in [-0.25, -0.2) is 4.98 Å². The molecular formula is C11H15N3O5S. The molecule has 0 amide bonds. The first kappa shape index (κ1) is 15.0. The van der Waals surface area contributed by atoms with Gasteiger partial charge in [0.05, 0.1) is 6.61 Å². The first-order valence-corrected chi connectivity index (χ1v) is 6.25. The van der Waals surface area contributed by atoms with Gasteiger partial charge in [-0.15, -0.1) is 0 Å². The van der Waals surface area contributed by atoms with Gasteiger partial charge in [0.2, 0.25) is 0 Å². The minimum absolute atomic E-state index is 0.135. The molecule has 5 N–H and O–H groups in total. The molecule has 1 aliphatic rings. The molecule has 4 atom stereocenters. The van der Waals surface area contributed by atoms with E-state index < -0.39 is 36.2 Å². The van der Waals surface area contributed by atoms with Crippen LogP contribution in [0.15, 0.2) is 17.2 Å². The van der Waals surface area contributed by atoms with Crippen molar-refractivity contribution in [3.63, 3.8) is 0 Å². The molecule has 20 heavy (non-hydrogen) atoms. The van der Waals surface area contributed by atoms with Crippen molar-refractivity contribution < 1.29 is 20.1 Å². The van der Waals surface area contributed by atoms with Gasteiger partial charge >= 0.3 is 0 Å². The third-order valence-electron chi connectivity index (χ3n) is 3.29. The highest BCUT2D eigenvalue weighted by Crippen LogP contribution is 2.37. The lowest BCUT2D eigenvalue weighted by Crippen LogP contribution is -2.46. The summed E-state index contributed by atoms with van der Waals surface area (Å²) in [6, 6.07) is 0. The minimum Gasteiger partial charge on any atom is -0.394 e. The van der Waals surface area contributed by atoms with Gasteiger partial charge in [-0.3, -0.25) is 9.36 Å². The van der Waals surface area contributed by atoms with Crippen LogP contribution < -0.4 is 11.3 Å². The predicted molar refractivity (Wildman–Crippen MR) is 72.0 cm³/mol. The SMILES string of the molecule is CC1(O)C(O)[C@@H](CO)O[C@@H]1n1ccnc(C(N)=S)c1=O. The van der Waals surface area contributed by atoms with Gasteiger partial charge in [0.25, 0.3) is 5.56 Å². The molecule has 2 unspecified atom stereocenters. The van der Waals surface area contributed by atoms with Crippen molar-refractivity contribution in [1.29, 1.82) is 0 Å². The zero-order valence-electron chi connectivity index (χ0n) is 10.6. The van der Waals surface area contributed by atoms with Crippen LogP contribution >= 0.6 is 12.2 Å². The van der Waals surface area contributed by atoms with Gasteiger partial charge in [0.1, 0.15) is 22.8 Å². The summed E-state index contributed by atoms with van der Waals surface area (Å²) in [7, 11) is 0. The summed E-state index contributed by atoms with van der Waals surface area (Å²) in [6.07, 6.45) is -0.948. The number of nitrogens with two attached hydrogens (primary N) is 1. The lowest BCUT2D eigenvalue weighted by atomic mass is 9.96. The second kappa shape index (κ2) is 5.19. The average molecular weight is 301 g/mol. The zero-order chi connectivity index (χ0) is 15.1. The number of aromatic nitrogens is 2. The van der Waals surface area contributed by atoms with E-state index in [1.807, 2.05) is 0 Å². The van der Waals surface area contributed by atoms with E-state index in [9.17, 15) is 15.0 Å². The van der Waals surface area contributed by atoms with Crippen LogP contribution in [0.3, 0.4) is 0 Å². The topological polar surface area (TPSA) is 131 Å². The Morgan fingerprint density at radius 3 is 2.85 bits per heavy atom. The molecule has 1 saturated heterocycles. The fourth-order valence-corrected chi connectivity index (χ4v) is 2.31.